The third kappa shape index (κ3) is 3.78. The predicted molar refractivity (Wildman–Crippen MR) is 108 cm³/mol. The van der Waals surface area contributed by atoms with Crippen molar-refractivity contribution in [1.29, 1.82) is 0 Å². The Labute approximate surface area is 164 Å². The van der Waals surface area contributed by atoms with E-state index in [1.807, 2.05) is 54.6 Å². The Balaban J connectivity index is 1.55. The Kier molecular flexibility index (Phi) is 5.15. The summed E-state index contributed by atoms with van der Waals surface area (Å²) in [4.78, 5) is 30.6. The molecule has 1 atom stereocenters. The van der Waals surface area contributed by atoms with Crippen molar-refractivity contribution in [2.45, 2.75) is 18.9 Å². The topological polar surface area (TPSA) is 62.3 Å². The van der Waals surface area contributed by atoms with E-state index < -0.39 is 0 Å². The standard InChI is InChI=1S/C23H21N3O2/c27-21-7-4-16-26(21)20-10-8-19(9-11-20)23(28)25-22(17-5-2-1-3-6-17)18-12-14-24-15-13-18/h1-3,5-6,8-15,22H,4,7,16H2,(H,25,28). The van der Waals surface area contributed by atoms with E-state index in [1.165, 1.54) is 0 Å². The largest absolute Gasteiger partial charge is 0.341 e. The maximum Gasteiger partial charge on any atom is 0.252 e. The first-order chi connectivity index (χ1) is 13.7. The Bertz CT molecular complexity index is 917. The van der Waals surface area contributed by atoms with Crippen molar-refractivity contribution >= 4 is 17.5 Å². The van der Waals surface area contributed by atoms with Crippen LogP contribution < -0.4 is 10.2 Å². The fourth-order valence-electron chi connectivity index (χ4n) is 3.49. The van der Waals surface area contributed by atoms with Crippen LogP contribution in [0.25, 0.3) is 0 Å². The first kappa shape index (κ1) is 17.9. The molecule has 1 saturated heterocycles. The van der Waals surface area contributed by atoms with Gasteiger partial charge in [-0.1, -0.05) is 30.3 Å². The number of aromatic nitrogens is 1. The molecule has 2 heterocycles. The first-order valence-corrected chi connectivity index (χ1v) is 9.38. The van der Waals surface area contributed by atoms with Crippen molar-refractivity contribution in [2.24, 2.45) is 0 Å². The van der Waals surface area contributed by atoms with Crippen LogP contribution in [0.3, 0.4) is 0 Å². The van der Waals surface area contributed by atoms with Crippen LogP contribution in [0.2, 0.25) is 0 Å². The lowest BCUT2D eigenvalue weighted by atomic mass is 9.99. The number of nitrogens with zero attached hydrogens (tertiary/aromatic N) is 2. The SMILES string of the molecule is O=C(NC(c1ccccc1)c1ccncc1)c1ccc(N2CCCC2=O)cc1. The highest BCUT2D eigenvalue weighted by Gasteiger charge is 2.22. The van der Waals surface area contributed by atoms with Crippen LogP contribution in [0, 0.1) is 0 Å². The fraction of sp³-hybridized carbons (Fsp3) is 0.174. The summed E-state index contributed by atoms with van der Waals surface area (Å²) >= 11 is 0. The highest BCUT2D eigenvalue weighted by Crippen LogP contribution is 2.24. The molecule has 1 N–H and O–H groups in total. The number of amides is 2. The van der Waals surface area contributed by atoms with Crippen LogP contribution in [0.5, 0.6) is 0 Å². The number of carbonyl (C=O) groups excluding carboxylic acids is 2. The third-order valence-electron chi connectivity index (χ3n) is 4.96. The van der Waals surface area contributed by atoms with E-state index in [4.69, 9.17) is 0 Å². The monoisotopic (exact) mass is 371 g/mol. The quantitative estimate of drug-likeness (QED) is 0.743. The van der Waals surface area contributed by atoms with Crippen LogP contribution in [-0.2, 0) is 4.79 Å². The number of pyridine rings is 1. The molecular formula is C23H21N3O2. The van der Waals surface area contributed by atoms with Crippen molar-refractivity contribution in [3.63, 3.8) is 0 Å². The molecule has 4 rings (SSSR count). The second kappa shape index (κ2) is 8.05. The summed E-state index contributed by atoms with van der Waals surface area (Å²) in [5.74, 6) is -0.0241. The molecule has 0 saturated carbocycles. The lowest BCUT2D eigenvalue weighted by Gasteiger charge is -2.20. The van der Waals surface area contributed by atoms with E-state index in [-0.39, 0.29) is 17.9 Å². The molecule has 1 aliphatic heterocycles. The molecule has 0 spiro atoms. The second-order valence-electron chi connectivity index (χ2n) is 6.79. The van der Waals surface area contributed by atoms with Gasteiger partial charge >= 0.3 is 0 Å². The van der Waals surface area contributed by atoms with Crippen LogP contribution in [0.15, 0.2) is 79.1 Å². The molecule has 3 aromatic rings. The van der Waals surface area contributed by atoms with E-state index >= 15 is 0 Å². The van der Waals surface area contributed by atoms with E-state index in [1.54, 1.807) is 29.4 Å². The minimum atomic E-state index is -0.267. The molecule has 0 aliphatic carbocycles. The van der Waals surface area contributed by atoms with Gasteiger partial charge in [-0.05, 0) is 53.9 Å². The van der Waals surface area contributed by atoms with Crippen molar-refractivity contribution in [3.8, 4) is 0 Å². The van der Waals surface area contributed by atoms with Gasteiger partial charge in [-0.2, -0.15) is 0 Å². The van der Waals surface area contributed by atoms with Gasteiger partial charge in [-0.25, -0.2) is 0 Å². The molecule has 2 aromatic carbocycles. The third-order valence-corrected chi connectivity index (χ3v) is 4.96. The van der Waals surface area contributed by atoms with Crippen molar-refractivity contribution in [1.82, 2.24) is 10.3 Å². The van der Waals surface area contributed by atoms with Crippen molar-refractivity contribution in [2.75, 3.05) is 11.4 Å². The number of anilines is 1. The number of carbonyl (C=O) groups is 2. The molecule has 0 radical (unpaired) electrons. The summed E-state index contributed by atoms with van der Waals surface area (Å²) in [5.41, 5.74) is 3.37. The zero-order chi connectivity index (χ0) is 19.3. The average Bonchev–Trinajstić information content (AvgIpc) is 3.19. The maximum absolute atomic E-state index is 12.9. The summed E-state index contributed by atoms with van der Waals surface area (Å²) in [7, 11) is 0. The molecule has 1 aromatic heterocycles. The zero-order valence-corrected chi connectivity index (χ0v) is 15.4. The molecule has 0 bridgehead atoms. The van der Waals surface area contributed by atoms with Crippen molar-refractivity contribution < 1.29 is 9.59 Å². The van der Waals surface area contributed by atoms with Gasteiger partial charge in [-0.15, -0.1) is 0 Å². The molecule has 1 aliphatic rings. The van der Waals surface area contributed by atoms with Gasteiger partial charge in [0.05, 0.1) is 6.04 Å². The first-order valence-electron chi connectivity index (χ1n) is 9.38. The van der Waals surface area contributed by atoms with Gasteiger partial charge < -0.3 is 10.2 Å². The summed E-state index contributed by atoms with van der Waals surface area (Å²) < 4.78 is 0. The minimum Gasteiger partial charge on any atom is -0.341 e. The minimum absolute atomic E-state index is 0.138. The van der Waals surface area contributed by atoms with Gasteiger partial charge in [0, 0.05) is 36.6 Å². The van der Waals surface area contributed by atoms with E-state index in [9.17, 15) is 9.59 Å². The number of benzene rings is 2. The molecular weight excluding hydrogens is 350 g/mol. The van der Waals surface area contributed by atoms with Gasteiger partial charge in [0.1, 0.15) is 0 Å². The molecule has 1 fully saturated rings. The highest BCUT2D eigenvalue weighted by molar-refractivity contribution is 5.97. The molecule has 5 nitrogen and oxygen atoms in total. The Morgan fingerprint density at radius 1 is 0.929 bits per heavy atom. The zero-order valence-electron chi connectivity index (χ0n) is 15.4. The van der Waals surface area contributed by atoms with Crippen LogP contribution >= 0.6 is 0 Å². The van der Waals surface area contributed by atoms with Gasteiger partial charge in [0.2, 0.25) is 5.91 Å². The van der Waals surface area contributed by atoms with Crippen LogP contribution in [0.4, 0.5) is 5.69 Å². The lowest BCUT2D eigenvalue weighted by molar-refractivity contribution is -0.117. The summed E-state index contributed by atoms with van der Waals surface area (Å²) in [6.07, 6.45) is 4.91. The number of nitrogens with one attached hydrogen (secondary N) is 1. The maximum atomic E-state index is 12.9. The van der Waals surface area contributed by atoms with Crippen molar-refractivity contribution in [3.05, 3.63) is 95.8 Å². The number of hydrogen-bond donors (Lipinski definition) is 1. The smallest absolute Gasteiger partial charge is 0.252 e. The average molecular weight is 371 g/mol. The van der Waals surface area contributed by atoms with E-state index in [0.717, 1.165) is 29.8 Å². The molecule has 1 unspecified atom stereocenters. The molecule has 28 heavy (non-hydrogen) atoms. The predicted octanol–water partition coefficient (Wildman–Crippen LogP) is 3.73. The Morgan fingerprint density at radius 3 is 2.25 bits per heavy atom. The summed E-state index contributed by atoms with van der Waals surface area (Å²) in [6, 6.07) is 20.6. The van der Waals surface area contributed by atoms with Gasteiger partial charge in [-0.3, -0.25) is 14.6 Å². The molecule has 2 amide bonds. The van der Waals surface area contributed by atoms with E-state index in [0.29, 0.717) is 12.0 Å². The Hall–Kier alpha value is -3.47. The second-order valence-corrected chi connectivity index (χ2v) is 6.79. The fourth-order valence-corrected chi connectivity index (χ4v) is 3.49. The number of rotatable bonds is 5. The lowest BCUT2D eigenvalue weighted by Crippen LogP contribution is -2.29. The Morgan fingerprint density at radius 2 is 1.61 bits per heavy atom. The van der Waals surface area contributed by atoms with Crippen LogP contribution in [0.1, 0.15) is 40.4 Å². The normalized spacial score (nSPS) is 14.7. The molecule has 5 heteroatoms. The summed E-state index contributed by atoms with van der Waals surface area (Å²) in [6.45, 7) is 0.739. The van der Waals surface area contributed by atoms with Crippen LogP contribution in [-0.4, -0.2) is 23.3 Å². The molecule has 140 valence electrons. The summed E-state index contributed by atoms with van der Waals surface area (Å²) in [5, 5.41) is 3.12. The number of hydrogen-bond acceptors (Lipinski definition) is 3. The van der Waals surface area contributed by atoms with Gasteiger partial charge in [0.25, 0.3) is 5.91 Å². The van der Waals surface area contributed by atoms with Gasteiger partial charge in [0.15, 0.2) is 0 Å². The highest BCUT2D eigenvalue weighted by atomic mass is 16.2. The van der Waals surface area contributed by atoms with E-state index in [2.05, 4.69) is 10.3 Å².